The number of rotatable bonds is 3. The van der Waals surface area contributed by atoms with Crippen molar-refractivity contribution in [2.75, 3.05) is 0 Å². The lowest BCUT2D eigenvalue weighted by Gasteiger charge is -2.28. The summed E-state index contributed by atoms with van der Waals surface area (Å²) in [5.41, 5.74) is -1.16. The van der Waals surface area contributed by atoms with Crippen LogP contribution in [-0.2, 0) is 0 Å². The Kier molecular flexibility index (Phi) is 3.06. The van der Waals surface area contributed by atoms with Crippen LogP contribution in [0.2, 0.25) is 0 Å². The van der Waals surface area contributed by atoms with E-state index in [4.69, 9.17) is 0 Å². The molecule has 0 aliphatic heterocycles. The van der Waals surface area contributed by atoms with E-state index < -0.39 is 11.7 Å². The van der Waals surface area contributed by atoms with E-state index >= 15 is 0 Å². The zero-order valence-electron chi connectivity index (χ0n) is 6.83. The van der Waals surface area contributed by atoms with E-state index in [-0.39, 0.29) is 5.92 Å². The van der Waals surface area contributed by atoms with E-state index in [1.807, 2.05) is 13.8 Å². The van der Waals surface area contributed by atoms with Gasteiger partial charge in [0.1, 0.15) is 5.60 Å². The first-order valence-corrected chi connectivity index (χ1v) is 3.46. The second kappa shape index (κ2) is 3.17. The third-order valence-electron chi connectivity index (χ3n) is 1.64. The summed E-state index contributed by atoms with van der Waals surface area (Å²) < 4.78 is 0. The molecule has 60 valence electrons. The number of aliphatic hydroxyl groups excluding tert-OH is 1. The van der Waals surface area contributed by atoms with Crippen molar-refractivity contribution in [2.45, 2.75) is 32.5 Å². The van der Waals surface area contributed by atoms with E-state index in [0.29, 0.717) is 0 Å². The normalized spacial score (nSPS) is 20.2. The zero-order chi connectivity index (χ0) is 8.36. The van der Waals surface area contributed by atoms with Gasteiger partial charge in [-0.25, -0.2) is 0 Å². The van der Waals surface area contributed by atoms with Crippen LogP contribution in [0.1, 0.15) is 20.8 Å². The van der Waals surface area contributed by atoms with Crippen LogP contribution >= 0.6 is 0 Å². The summed E-state index contributed by atoms with van der Waals surface area (Å²) in [4.78, 5) is 0. The van der Waals surface area contributed by atoms with Crippen LogP contribution in [0.3, 0.4) is 0 Å². The Morgan fingerprint density at radius 3 is 2.00 bits per heavy atom. The smallest absolute Gasteiger partial charge is 0.106 e. The van der Waals surface area contributed by atoms with Gasteiger partial charge in [-0.15, -0.1) is 6.58 Å². The molecule has 0 amide bonds. The summed E-state index contributed by atoms with van der Waals surface area (Å²) in [6, 6.07) is 0. The highest BCUT2D eigenvalue weighted by molar-refractivity contribution is 4.98. The van der Waals surface area contributed by atoms with E-state index in [9.17, 15) is 10.2 Å². The van der Waals surface area contributed by atoms with Crippen LogP contribution in [0.15, 0.2) is 12.7 Å². The lowest BCUT2D eigenvalue weighted by molar-refractivity contribution is -0.0494. The molecular weight excluding hydrogens is 128 g/mol. The summed E-state index contributed by atoms with van der Waals surface area (Å²) in [5.74, 6) is 0.0491. The van der Waals surface area contributed by atoms with Crippen molar-refractivity contribution in [3.05, 3.63) is 12.7 Å². The Balaban J connectivity index is 4.17. The number of aliphatic hydroxyl groups is 2. The summed E-state index contributed by atoms with van der Waals surface area (Å²) >= 11 is 0. The molecule has 2 unspecified atom stereocenters. The molecule has 0 aromatic carbocycles. The minimum Gasteiger partial charge on any atom is -0.390 e. The highest BCUT2D eigenvalue weighted by Gasteiger charge is 2.28. The standard InChI is InChI=1S/C8H16O2/c1-5-8(4,10)7(9)6(2)3/h5-7,9-10H,1H2,2-4H3. The first-order chi connectivity index (χ1) is 4.41. The second-order valence-corrected chi connectivity index (χ2v) is 3.12. The van der Waals surface area contributed by atoms with E-state index in [1.54, 1.807) is 6.92 Å². The Labute approximate surface area is 62.2 Å². The molecule has 0 saturated heterocycles. The highest BCUT2D eigenvalue weighted by Crippen LogP contribution is 2.17. The van der Waals surface area contributed by atoms with E-state index in [0.717, 1.165) is 0 Å². The minimum absolute atomic E-state index is 0.0491. The van der Waals surface area contributed by atoms with Crippen LogP contribution in [0, 0.1) is 5.92 Å². The maximum atomic E-state index is 9.39. The Hall–Kier alpha value is -0.340. The SMILES string of the molecule is C=CC(C)(O)C(O)C(C)C. The van der Waals surface area contributed by atoms with Crippen molar-refractivity contribution in [1.29, 1.82) is 0 Å². The van der Waals surface area contributed by atoms with Gasteiger partial charge in [0.15, 0.2) is 0 Å². The van der Waals surface area contributed by atoms with Crippen molar-refractivity contribution in [2.24, 2.45) is 5.92 Å². The molecule has 10 heavy (non-hydrogen) atoms. The molecule has 2 nitrogen and oxygen atoms in total. The van der Waals surface area contributed by atoms with Crippen molar-refractivity contribution in [3.8, 4) is 0 Å². The molecule has 0 heterocycles. The average molecular weight is 144 g/mol. The van der Waals surface area contributed by atoms with Gasteiger partial charge in [0.2, 0.25) is 0 Å². The Morgan fingerprint density at radius 2 is 1.90 bits per heavy atom. The number of hydrogen-bond acceptors (Lipinski definition) is 2. The van der Waals surface area contributed by atoms with Gasteiger partial charge in [0.25, 0.3) is 0 Å². The first kappa shape index (κ1) is 9.66. The quantitative estimate of drug-likeness (QED) is 0.579. The molecular formula is C8H16O2. The Bertz CT molecular complexity index is 116. The zero-order valence-corrected chi connectivity index (χ0v) is 6.83. The molecule has 2 N–H and O–H groups in total. The van der Waals surface area contributed by atoms with Crippen LogP contribution in [0.5, 0.6) is 0 Å². The van der Waals surface area contributed by atoms with Crippen molar-refractivity contribution >= 4 is 0 Å². The molecule has 0 aromatic heterocycles. The van der Waals surface area contributed by atoms with Gasteiger partial charge in [-0.1, -0.05) is 19.9 Å². The fourth-order valence-corrected chi connectivity index (χ4v) is 0.796. The lowest BCUT2D eigenvalue weighted by Crippen LogP contribution is -2.40. The van der Waals surface area contributed by atoms with Gasteiger partial charge in [-0.05, 0) is 12.8 Å². The van der Waals surface area contributed by atoms with Gasteiger partial charge >= 0.3 is 0 Å². The van der Waals surface area contributed by atoms with Crippen molar-refractivity contribution < 1.29 is 10.2 Å². The topological polar surface area (TPSA) is 40.5 Å². The maximum absolute atomic E-state index is 9.39. The molecule has 0 rings (SSSR count). The molecule has 0 bridgehead atoms. The molecule has 0 spiro atoms. The highest BCUT2D eigenvalue weighted by atomic mass is 16.3. The maximum Gasteiger partial charge on any atom is 0.106 e. The number of hydrogen-bond donors (Lipinski definition) is 2. The van der Waals surface area contributed by atoms with Crippen LogP contribution < -0.4 is 0 Å². The molecule has 0 saturated carbocycles. The van der Waals surface area contributed by atoms with Crippen LogP contribution in [0.4, 0.5) is 0 Å². The fourth-order valence-electron chi connectivity index (χ4n) is 0.796. The summed E-state index contributed by atoms with van der Waals surface area (Å²) in [5, 5.41) is 18.7. The molecule has 0 aromatic rings. The van der Waals surface area contributed by atoms with Crippen molar-refractivity contribution in [1.82, 2.24) is 0 Å². The molecule has 0 aliphatic rings. The van der Waals surface area contributed by atoms with Crippen LogP contribution in [-0.4, -0.2) is 21.9 Å². The van der Waals surface area contributed by atoms with Gasteiger partial charge in [-0.2, -0.15) is 0 Å². The first-order valence-electron chi connectivity index (χ1n) is 3.46. The lowest BCUT2D eigenvalue weighted by atomic mass is 9.91. The Morgan fingerprint density at radius 1 is 1.50 bits per heavy atom. The summed E-state index contributed by atoms with van der Waals surface area (Å²) in [7, 11) is 0. The predicted molar refractivity (Wildman–Crippen MR) is 41.7 cm³/mol. The third-order valence-corrected chi connectivity index (χ3v) is 1.64. The van der Waals surface area contributed by atoms with E-state index in [2.05, 4.69) is 6.58 Å². The summed E-state index contributed by atoms with van der Waals surface area (Å²) in [6.45, 7) is 8.67. The average Bonchev–Trinajstić information content (AvgIpc) is 1.86. The van der Waals surface area contributed by atoms with Gasteiger partial charge < -0.3 is 10.2 Å². The van der Waals surface area contributed by atoms with Gasteiger partial charge in [-0.3, -0.25) is 0 Å². The second-order valence-electron chi connectivity index (χ2n) is 3.12. The fraction of sp³-hybridized carbons (Fsp3) is 0.750. The minimum atomic E-state index is -1.16. The van der Waals surface area contributed by atoms with Gasteiger partial charge in [0, 0.05) is 0 Å². The largest absolute Gasteiger partial charge is 0.390 e. The molecule has 0 radical (unpaired) electrons. The predicted octanol–water partition coefficient (Wildman–Crippen LogP) is 0.940. The monoisotopic (exact) mass is 144 g/mol. The van der Waals surface area contributed by atoms with E-state index in [1.165, 1.54) is 6.08 Å². The van der Waals surface area contributed by atoms with Gasteiger partial charge in [0.05, 0.1) is 6.10 Å². The molecule has 0 fully saturated rings. The molecule has 2 atom stereocenters. The molecule has 0 aliphatic carbocycles. The molecule has 2 heteroatoms. The van der Waals surface area contributed by atoms with Crippen LogP contribution in [0.25, 0.3) is 0 Å². The summed E-state index contributed by atoms with van der Waals surface area (Å²) in [6.07, 6.45) is 0.627. The third kappa shape index (κ3) is 2.12. The van der Waals surface area contributed by atoms with Crippen molar-refractivity contribution in [3.63, 3.8) is 0 Å².